The number of aromatic amines is 1. The zero-order valence-electron chi connectivity index (χ0n) is 12.3. The van der Waals surface area contributed by atoms with Gasteiger partial charge in [-0.05, 0) is 38.0 Å². The van der Waals surface area contributed by atoms with E-state index in [-0.39, 0.29) is 12.0 Å². The largest absolute Gasteiger partial charge is 0.399 e. The first-order valence-electron chi connectivity index (χ1n) is 7.46. The molecule has 1 fully saturated rings. The molecule has 1 atom stereocenters. The minimum atomic E-state index is 0.0323. The molecule has 1 aliphatic heterocycles. The summed E-state index contributed by atoms with van der Waals surface area (Å²) in [5.41, 5.74) is 8.11. The number of hydrogen-bond donors (Lipinski definition) is 2. The summed E-state index contributed by atoms with van der Waals surface area (Å²) in [6.45, 7) is 4.13. The minimum absolute atomic E-state index is 0.0323. The smallest absolute Gasteiger partial charge is 0.256 e. The number of H-pyrrole nitrogens is 1. The summed E-state index contributed by atoms with van der Waals surface area (Å²) in [6, 6.07) is 5.58. The second-order valence-electron chi connectivity index (χ2n) is 5.49. The lowest BCUT2D eigenvalue weighted by Gasteiger charge is -2.23. The predicted molar refractivity (Wildman–Crippen MR) is 83.3 cm³/mol. The van der Waals surface area contributed by atoms with Crippen molar-refractivity contribution in [2.75, 3.05) is 25.4 Å². The van der Waals surface area contributed by atoms with E-state index in [1.54, 1.807) is 6.20 Å². The van der Waals surface area contributed by atoms with Gasteiger partial charge in [0, 0.05) is 42.5 Å². The fraction of sp³-hybridized carbons (Fsp3) is 0.438. The number of nitrogens with zero attached hydrogens (tertiary/aromatic N) is 1. The maximum absolute atomic E-state index is 12.8. The molecule has 112 valence electrons. The SMILES string of the molecule is CCN(CC1CCCO1)C(=O)c1c[nH]c2ccc(N)cc12. The number of nitrogens with two attached hydrogens (primary N) is 1. The van der Waals surface area contributed by atoms with Gasteiger partial charge in [0.2, 0.25) is 0 Å². The van der Waals surface area contributed by atoms with E-state index in [0.717, 1.165) is 30.4 Å². The lowest BCUT2D eigenvalue weighted by Crippen LogP contribution is -2.37. The van der Waals surface area contributed by atoms with Gasteiger partial charge in [0.15, 0.2) is 0 Å². The number of fused-ring (bicyclic) bond motifs is 1. The molecule has 3 N–H and O–H groups in total. The quantitative estimate of drug-likeness (QED) is 0.848. The molecule has 0 radical (unpaired) electrons. The molecular formula is C16H21N3O2. The highest BCUT2D eigenvalue weighted by atomic mass is 16.5. The number of carbonyl (C=O) groups excluding carboxylic acids is 1. The van der Waals surface area contributed by atoms with E-state index in [2.05, 4.69) is 4.98 Å². The van der Waals surface area contributed by atoms with Crippen LogP contribution in [0.15, 0.2) is 24.4 Å². The Kier molecular flexibility index (Phi) is 3.84. The van der Waals surface area contributed by atoms with E-state index in [9.17, 15) is 4.79 Å². The Morgan fingerprint density at radius 1 is 1.52 bits per heavy atom. The van der Waals surface area contributed by atoms with E-state index in [1.165, 1.54) is 0 Å². The van der Waals surface area contributed by atoms with Crippen LogP contribution in [-0.4, -0.2) is 41.6 Å². The molecule has 2 aromatic rings. The van der Waals surface area contributed by atoms with Gasteiger partial charge in [-0.1, -0.05) is 0 Å². The number of rotatable bonds is 4. The summed E-state index contributed by atoms with van der Waals surface area (Å²) < 4.78 is 5.64. The summed E-state index contributed by atoms with van der Waals surface area (Å²) in [5, 5.41) is 0.880. The van der Waals surface area contributed by atoms with Crippen molar-refractivity contribution in [3.63, 3.8) is 0 Å². The van der Waals surface area contributed by atoms with Crippen LogP contribution in [0.4, 0.5) is 5.69 Å². The van der Waals surface area contributed by atoms with Gasteiger partial charge in [-0.25, -0.2) is 0 Å². The van der Waals surface area contributed by atoms with E-state index in [1.807, 2.05) is 30.0 Å². The fourth-order valence-electron chi connectivity index (χ4n) is 2.88. The van der Waals surface area contributed by atoms with Crippen molar-refractivity contribution < 1.29 is 9.53 Å². The number of nitrogens with one attached hydrogen (secondary N) is 1. The molecule has 3 rings (SSSR count). The van der Waals surface area contributed by atoms with Gasteiger partial charge in [-0.2, -0.15) is 0 Å². The number of likely N-dealkylation sites (N-methyl/N-ethyl adjacent to an activating group) is 1. The van der Waals surface area contributed by atoms with E-state index in [4.69, 9.17) is 10.5 Å². The van der Waals surface area contributed by atoms with Crippen LogP contribution in [0.5, 0.6) is 0 Å². The molecular weight excluding hydrogens is 266 g/mol. The Bertz CT molecular complexity index is 644. The van der Waals surface area contributed by atoms with Crippen LogP contribution in [0.25, 0.3) is 10.9 Å². The number of hydrogen-bond acceptors (Lipinski definition) is 3. The lowest BCUT2D eigenvalue weighted by molar-refractivity contribution is 0.0540. The van der Waals surface area contributed by atoms with Crippen molar-refractivity contribution in [2.24, 2.45) is 0 Å². The molecule has 1 aromatic carbocycles. The highest BCUT2D eigenvalue weighted by Gasteiger charge is 2.23. The second kappa shape index (κ2) is 5.77. The molecule has 0 aliphatic carbocycles. The third-order valence-electron chi connectivity index (χ3n) is 4.05. The van der Waals surface area contributed by atoms with Gasteiger partial charge in [-0.15, -0.1) is 0 Å². The Hall–Kier alpha value is -2.01. The third-order valence-corrected chi connectivity index (χ3v) is 4.05. The molecule has 2 heterocycles. The number of nitrogen functional groups attached to an aromatic ring is 1. The number of carbonyl (C=O) groups is 1. The van der Waals surface area contributed by atoms with Crippen molar-refractivity contribution in [2.45, 2.75) is 25.9 Å². The van der Waals surface area contributed by atoms with Crippen LogP contribution >= 0.6 is 0 Å². The molecule has 21 heavy (non-hydrogen) atoms. The topological polar surface area (TPSA) is 71.3 Å². The Morgan fingerprint density at radius 2 is 2.38 bits per heavy atom. The second-order valence-corrected chi connectivity index (χ2v) is 5.49. The highest BCUT2D eigenvalue weighted by molar-refractivity contribution is 6.07. The van der Waals surface area contributed by atoms with Crippen LogP contribution in [0, 0.1) is 0 Å². The van der Waals surface area contributed by atoms with Gasteiger partial charge in [0.05, 0.1) is 11.7 Å². The van der Waals surface area contributed by atoms with E-state index < -0.39 is 0 Å². The van der Waals surface area contributed by atoms with Crippen LogP contribution < -0.4 is 5.73 Å². The van der Waals surface area contributed by atoms with Gasteiger partial charge < -0.3 is 20.4 Å². The van der Waals surface area contributed by atoms with Crippen LogP contribution in [0.2, 0.25) is 0 Å². The standard InChI is InChI=1S/C16H21N3O2/c1-2-19(10-12-4-3-7-21-12)16(20)14-9-18-15-6-5-11(17)8-13(14)15/h5-6,8-9,12,18H,2-4,7,10,17H2,1H3. The highest BCUT2D eigenvalue weighted by Crippen LogP contribution is 2.23. The molecule has 1 unspecified atom stereocenters. The molecule has 0 spiro atoms. The van der Waals surface area contributed by atoms with Crippen molar-refractivity contribution >= 4 is 22.5 Å². The monoisotopic (exact) mass is 287 g/mol. The first kappa shape index (κ1) is 13.9. The van der Waals surface area contributed by atoms with Gasteiger partial charge in [-0.3, -0.25) is 4.79 Å². The first-order valence-corrected chi connectivity index (χ1v) is 7.46. The Morgan fingerprint density at radius 3 is 3.10 bits per heavy atom. The number of anilines is 1. The van der Waals surface area contributed by atoms with Gasteiger partial charge in [0.25, 0.3) is 5.91 Å². The molecule has 1 amide bonds. The van der Waals surface area contributed by atoms with Gasteiger partial charge in [0.1, 0.15) is 0 Å². The maximum Gasteiger partial charge on any atom is 0.256 e. The Balaban J connectivity index is 1.85. The number of amides is 1. The maximum atomic E-state index is 12.8. The van der Waals surface area contributed by atoms with Crippen LogP contribution in [-0.2, 0) is 4.74 Å². The molecule has 0 saturated carbocycles. The lowest BCUT2D eigenvalue weighted by atomic mass is 10.1. The van der Waals surface area contributed by atoms with Crippen LogP contribution in [0.3, 0.4) is 0 Å². The van der Waals surface area contributed by atoms with E-state index in [0.29, 0.717) is 24.3 Å². The minimum Gasteiger partial charge on any atom is -0.399 e. The molecule has 5 nitrogen and oxygen atoms in total. The van der Waals surface area contributed by atoms with Crippen molar-refractivity contribution in [1.29, 1.82) is 0 Å². The number of ether oxygens (including phenoxy) is 1. The normalized spacial score (nSPS) is 18.2. The molecule has 0 bridgehead atoms. The number of aromatic nitrogens is 1. The molecule has 1 aliphatic rings. The van der Waals surface area contributed by atoms with Gasteiger partial charge >= 0.3 is 0 Å². The average Bonchev–Trinajstić information content (AvgIpc) is 3.13. The molecule has 1 aromatic heterocycles. The Labute approximate surface area is 124 Å². The zero-order chi connectivity index (χ0) is 14.8. The summed E-state index contributed by atoms with van der Waals surface area (Å²) in [5.74, 6) is 0.0323. The van der Waals surface area contributed by atoms with Crippen LogP contribution in [0.1, 0.15) is 30.1 Å². The summed E-state index contributed by atoms with van der Waals surface area (Å²) >= 11 is 0. The van der Waals surface area contributed by atoms with Crippen molar-refractivity contribution in [3.05, 3.63) is 30.0 Å². The van der Waals surface area contributed by atoms with Crippen molar-refractivity contribution in [1.82, 2.24) is 9.88 Å². The average molecular weight is 287 g/mol. The summed E-state index contributed by atoms with van der Waals surface area (Å²) in [6.07, 6.45) is 4.05. The predicted octanol–water partition coefficient (Wildman–Crippen LogP) is 2.39. The summed E-state index contributed by atoms with van der Waals surface area (Å²) in [7, 11) is 0. The van der Waals surface area contributed by atoms with E-state index >= 15 is 0 Å². The first-order chi connectivity index (χ1) is 10.2. The molecule has 1 saturated heterocycles. The third kappa shape index (κ3) is 2.74. The fourth-order valence-corrected chi connectivity index (χ4v) is 2.88. The molecule has 5 heteroatoms. The summed E-state index contributed by atoms with van der Waals surface area (Å²) in [4.78, 5) is 17.7. The van der Waals surface area contributed by atoms with Crippen molar-refractivity contribution in [3.8, 4) is 0 Å². The zero-order valence-corrected chi connectivity index (χ0v) is 12.3. The number of benzene rings is 1.